The minimum absolute atomic E-state index is 0.231. The molecule has 0 spiro atoms. The van der Waals surface area contributed by atoms with Gasteiger partial charge in [0.25, 0.3) is 0 Å². The molecule has 0 aliphatic carbocycles. The highest BCUT2D eigenvalue weighted by molar-refractivity contribution is 6.32. The van der Waals surface area contributed by atoms with Gasteiger partial charge < -0.3 is 23.9 Å². The molecule has 0 saturated heterocycles. The van der Waals surface area contributed by atoms with Gasteiger partial charge in [0, 0.05) is 19.3 Å². The van der Waals surface area contributed by atoms with Crippen LogP contribution in [0.4, 0.5) is 5.69 Å². The number of methoxy groups -OCH3 is 1. The lowest BCUT2D eigenvalue weighted by atomic mass is 10.2. The van der Waals surface area contributed by atoms with Crippen LogP contribution in [0.1, 0.15) is 5.76 Å². The smallest absolute Gasteiger partial charge is 0.137 e. The molecule has 0 amide bonds. The van der Waals surface area contributed by atoms with Crippen molar-refractivity contribution in [1.29, 1.82) is 0 Å². The van der Waals surface area contributed by atoms with Crippen molar-refractivity contribution in [3.05, 3.63) is 47.4 Å². The van der Waals surface area contributed by atoms with E-state index in [1.165, 1.54) is 0 Å². The standard InChI is InChI=1S/C16H20ClNO4/c1-18(12-5-6-16(20-2)15(17)8-12)9-13(19)10-21-11-14-4-3-7-22-14/h3-8,13,19H,9-11H2,1-2H3. The average Bonchev–Trinajstić information content (AvgIpc) is 3.00. The van der Waals surface area contributed by atoms with Gasteiger partial charge in [-0.1, -0.05) is 11.6 Å². The van der Waals surface area contributed by atoms with Crippen LogP contribution >= 0.6 is 11.6 Å². The van der Waals surface area contributed by atoms with Crippen molar-refractivity contribution in [3.63, 3.8) is 0 Å². The minimum Gasteiger partial charge on any atom is -0.495 e. The number of anilines is 1. The summed E-state index contributed by atoms with van der Waals surface area (Å²) in [4.78, 5) is 1.91. The van der Waals surface area contributed by atoms with Gasteiger partial charge in [-0.25, -0.2) is 0 Å². The second kappa shape index (κ2) is 8.08. The number of benzene rings is 1. The fourth-order valence-corrected chi connectivity index (χ4v) is 2.31. The Morgan fingerprint density at radius 2 is 2.18 bits per heavy atom. The number of rotatable bonds is 8. The molecule has 0 aliphatic heterocycles. The Hall–Kier alpha value is -1.69. The predicted molar refractivity (Wildman–Crippen MR) is 85.6 cm³/mol. The van der Waals surface area contributed by atoms with Crippen molar-refractivity contribution in [1.82, 2.24) is 0 Å². The van der Waals surface area contributed by atoms with E-state index in [0.717, 1.165) is 11.4 Å². The predicted octanol–water partition coefficient (Wildman–Crippen LogP) is 2.96. The molecule has 2 aromatic rings. The summed E-state index contributed by atoms with van der Waals surface area (Å²) in [6, 6.07) is 9.13. The third-order valence-corrected chi connectivity index (χ3v) is 3.49. The number of hydrogen-bond donors (Lipinski definition) is 1. The molecule has 2 rings (SSSR count). The van der Waals surface area contributed by atoms with Gasteiger partial charge in [0.15, 0.2) is 0 Å². The van der Waals surface area contributed by atoms with Crippen LogP contribution in [0.3, 0.4) is 0 Å². The monoisotopic (exact) mass is 325 g/mol. The number of aliphatic hydroxyl groups excluding tert-OH is 1. The van der Waals surface area contributed by atoms with E-state index in [1.54, 1.807) is 31.6 Å². The Balaban J connectivity index is 1.80. The summed E-state index contributed by atoms with van der Waals surface area (Å²) in [5.74, 6) is 1.36. The van der Waals surface area contributed by atoms with E-state index in [2.05, 4.69) is 0 Å². The van der Waals surface area contributed by atoms with E-state index in [0.29, 0.717) is 23.9 Å². The van der Waals surface area contributed by atoms with Crippen LogP contribution in [0, 0.1) is 0 Å². The Morgan fingerprint density at radius 3 is 2.82 bits per heavy atom. The molecule has 0 radical (unpaired) electrons. The summed E-state index contributed by atoms with van der Waals surface area (Å²) in [6.45, 7) is 1.01. The average molecular weight is 326 g/mol. The van der Waals surface area contributed by atoms with E-state index in [1.807, 2.05) is 24.1 Å². The number of hydrogen-bond acceptors (Lipinski definition) is 5. The molecule has 0 saturated carbocycles. The summed E-state index contributed by atoms with van der Waals surface area (Å²) in [7, 11) is 3.46. The molecule has 120 valence electrons. The topological polar surface area (TPSA) is 55.1 Å². The van der Waals surface area contributed by atoms with Crippen LogP contribution in [-0.4, -0.2) is 38.5 Å². The molecule has 22 heavy (non-hydrogen) atoms. The molecule has 0 fully saturated rings. The number of aliphatic hydroxyl groups is 1. The summed E-state index contributed by atoms with van der Waals surface area (Å²) >= 11 is 6.10. The highest BCUT2D eigenvalue weighted by atomic mass is 35.5. The molecule has 1 aromatic carbocycles. The number of ether oxygens (including phenoxy) is 2. The molecule has 0 bridgehead atoms. The molecule has 1 atom stereocenters. The molecular formula is C16H20ClNO4. The lowest BCUT2D eigenvalue weighted by Gasteiger charge is -2.23. The van der Waals surface area contributed by atoms with Gasteiger partial charge in [0.05, 0.1) is 31.1 Å². The van der Waals surface area contributed by atoms with E-state index in [9.17, 15) is 5.11 Å². The first-order chi connectivity index (χ1) is 10.6. The van der Waals surface area contributed by atoms with Crippen molar-refractivity contribution >= 4 is 17.3 Å². The largest absolute Gasteiger partial charge is 0.495 e. The van der Waals surface area contributed by atoms with Gasteiger partial charge in [0.2, 0.25) is 0 Å². The van der Waals surface area contributed by atoms with Gasteiger partial charge in [-0.15, -0.1) is 0 Å². The molecule has 0 aliphatic rings. The van der Waals surface area contributed by atoms with E-state index < -0.39 is 6.10 Å². The molecule has 6 heteroatoms. The van der Waals surface area contributed by atoms with Gasteiger partial charge in [-0.05, 0) is 30.3 Å². The lowest BCUT2D eigenvalue weighted by Crippen LogP contribution is -2.32. The van der Waals surface area contributed by atoms with Crippen LogP contribution in [0.5, 0.6) is 5.75 Å². The Morgan fingerprint density at radius 1 is 1.36 bits per heavy atom. The maximum atomic E-state index is 10.0. The van der Waals surface area contributed by atoms with Crippen molar-refractivity contribution < 1.29 is 19.0 Å². The third kappa shape index (κ3) is 4.66. The highest BCUT2D eigenvalue weighted by Gasteiger charge is 2.11. The van der Waals surface area contributed by atoms with Gasteiger partial charge in [0.1, 0.15) is 18.1 Å². The summed E-state index contributed by atoms with van der Waals surface area (Å²) in [5, 5.41) is 10.6. The fourth-order valence-electron chi connectivity index (χ4n) is 2.06. The summed E-state index contributed by atoms with van der Waals surface area (Å²) in [6.07, 6.45) is 0.983. The molecule has 1 aromatic heterocycles. The van der Waals surface area contributed by atoms with Crippen molar-refractivity contribution in [2.24, 2.45) is 0 Å². The van der Waals surface area contributed by atoms with E-state index >= 15 is 0 Å². The van der Waals surface area contributed by atoms with Crippen LogP contribution in [0.15, 0.2) is 41.0 Å². The lowest BCUT2D eigenvalue weighted by molar-refractivity contribution is 0.0260. The second-order valence-corrected chi connectivity index (χ2v) is 5.35. The van der Waals surface area contributed by atoms with Crippen molar-refractivity contribution in [2.45, 2.75) is 12.7 Å². The Kier molecular flexibility index (Phi) is 6.12. The maximum Gasteiger partial charge on any atom is 0.137 e. The van der Waals surface area contributed by atoms with E-state index in [4.69, 9.17) is 25.5 Å². The summed E-state index contributed by atoms with van der Waals surface area (Å²) < 4.78 is 15.7. The number of halogens is 1. The van der Waals surface area contributed by atoms with Crippen LogP contribution in [0.2, 0.25) is 5.02 Å². The van der Waals surface area contributed by atoms with E-state index in [-0.39, 0.29) is 6.61 Å². The minimum atomic E-state index is -0.610. The quantitative estimate of drug-likeness (QED) is 0.808. The first-order valence-corrected chi connectivity index (χ1v) is 7.31. The number of likely N-dealkylation sites (N-methyl/N-ethyl adjacent to an activating group) is 1. The third-order valence-electron chi connectivity index (χ3n) is 3.20. The normalized spacial score (nSPS) is 12.2. The molecule has 1 unspecified atom stereocenters. The maximum absolute atomic E-state index is 10.0. The number of furan rings is 1. The van der Waals surface area contributed by atoms with Gasteiger partial charge in [-0.2, -0.15) is 0 Å². The Labute approximate surface area is 135 Å². The number of nitrogens with zero attached hydrogens (tertiary/aromatic N) is 1. The fraction of sp³-hybridized carbons (Fsp3) is 0.375. The highest BCUT2D eigenvalue weighted by Crippen LogP contribution is 2.28. The molecule has 1 N–H and O–H groups in total. The van der Waals surface area contributed by atoms with Gasteiger partial charge in [-0.3, -0.25) is 0 Å². The van der Waals surface area contributed by atoms with Gasteiger partial charge >= 0.3 is 0 Å². The van der Waals surface area contributed by atoms with Crippen LogP contribution in [0.25, 0.3) is 0 Å². The zero-order valence-electron chi connectivity index (χ0n) is 12.7. The second-order valence-electron chi connectivity index (χ2n) is 4.95. The molecule has 1 heterocycles. The molecule has 5 nitrogen and oxygen atoms in total. The van der Waals surface area contributed by atoms with Crippen molar-refractivity contribution in [3.8, 4) is 5.75 Å². The Bertz CT molecular complexity index is 574. The SMILES string of the molecule is COc1ccc(N(C)CC(O)COCc2ccco2)cc1Cl. The van der Waals surface area contributed by atoms with Crippen molar-refractivity contribution in [2.75, 3.05) is 32.2 Å². The first kappa shape index (κ1) is 16.7. The zero-order chi connectivity index (χ0) is 15.9. The summed E-state index contributed by atoms with van der Waals surface area (Å²) in [5.41, 5.74) is 0.899. The molecular weight excluding hydrogens is 306 g/mol. The zero-order valence-corrected chi connectivity index (χ0v) is 13.4. The van der Waals surface area contributed by atoms with Crippen LogP contribution in [-0.2, 0) is 11.3 Å². The van der Waals surface area contributed by atoms with Crippen LogP contribution < -0.4 is 9.64 Å². The first-order valence-electron chi connectivity index (χ1n) is 6.93.